The molecule has 2 aliphatic rings. The molecule has 2 aliphatic heterocycles. The number of morpholine rings is 1. The molecule has 3 rings (SSSR count). The summed E-state index contributed by atoms with van der Waals surface area (Å²) in [7, 11) is 0. The van der Waals surface area contributed by atoms with Gasteiger partial charge in [0.2, 0.25) is 0 Å². The lowest BCUT2D eigenvalue weighted by molar-refractivity contribution is -0.0637. The molecule has 0 spiro atoms. The predicted octanol–water partition coefficient (Wildman–Crippen LogP) is 3.61. The molecule has 0 saturated carbocycles. The number of carbonyl (C=O) groups excluding carboxylic acids is 1. The number of amides is 1. The number of nitrogens with zero attached hydrogens (tertiary/aromatic N) is 3. The molecule has 2 heterocycles. The van der Waals surface area contributed by atoms with Crippen LogP contribution >= 0.6 is 0 Å². The maximum Gasteiger partial charge on any atom is 0.410 e. The lowest BCUT2D eigenvalue weighted by Crippen LogP contribution is -2.63. The number of benzene rings is 1. The molecule has 4 atom stereocenters. The van der Waals surface area contributed by atoms with Gasteiger partial charge in [0.05, 0.1) is 13.2 Å². The zero-order chi connectivity index (χ0) is 21.9. The summed E-state index contributed by atoms with van der Waals surface area (Å²) < 4.78 is 11.4. The Labute approximate surface area is 182 Å². The van der Waals surface area contributed by atoms with E-state index < -0.39 is 5.60 Å². The van der Waals surface area contributed by atoms with E-state index >= 15 is 0 Å². The number of ether oxygens (including phenoxy) is 2. The van der Waals surface area contributed by atoms with Crippen LogP contribution in [0, 0.1) is 0 Å². The third-order valence-corrected chi connectivity index (χ3v) is 6.08. The Hall–Kier alpha value is -1.63. The fourth-order valence-corrected chi connectivity index (χ4v) is 4.51. The Morgan fingerprint density at radius 2 is 1.67 bits per heavy atom. The van der Waals surface area contributed by atoms with Gasteiger partial charge in [-0.3, -0.25) is 9.80 Å². The van der Waals surface area contributed by atoms with Crippen LogP contribution in [0.25, 0.3) is 0 Å². The second-order valence-electron chi connectivity index (χ2n) is 9.98. The van der Waals surface area contributed by atoms with Crippen LogP contribution in [0.15, 0.2) is 30.3 Å². The molecule has 2 unspecified atom stereocenters. The molecular formula is C24H39N3O3. The molecule has 6 nitrogen and oxygen atoms in total. The van der Waals surface area contributed by atoms with E-state index in [1.54, 1.807) is 0 Å². The first-order valence-corrected chi connectivity index (χ1v) is 11.2. The fourth-order valence-electron chi connectivity index (χ4n) is 4.51. The molecule has 0 bridgehead atoms. The van der Waals surface area contributed by atoms with Crippen LogP contribution in [0.4, 0.5) is 4.79 Å². The number of rotatable bonds is 4. The SMILES string of the molecule is CC1CN(Cc2ccccc2)[C@@H](CN2C(C)COC[C@H]2C)CN1C(=O)OC(C)(C)C. The van der Waals surface area contributed by atoms with E-state index in [1.165, 1.54) is 5.56 Å². The number of carbonyl (C=O) groups is 1. The third kappa shape index (κ3) is 5.96. The second-order valence-corrected chi connectivity index (χ2v) is 9.98. The van der Waals surface area contributed by atoms with Crippen molar-refractivity contribution in [3.8, 4) is 0 Å². The summed E-state index contributed by atoms with van der Waals surface area (Å²) in [4.78, 5) is 19.9. The van der Waals surface area contributed by atoms with Gasteiger partial charge in [-0.15, -0.1) is 0 Å². The molecule has 1 aromatic rings. The summed E-state index contributed by atoms with van der Waals surface area (Å²) >= 11 is 0. The minimum absolute atomic E-state index is 0.111. The van der Waals surface area contributed by atoms with Gasteiger partial charge in [0.25, 0.3) is 0 Å². The van der Waals surface area contributed by atoms with Crippen molar-refractivity contribution in [2.24, 2.45) is 0 Å². The van der Waals surface area contributed by atoms with Gasteiger partial charge in [-0.2, -0.15) is 0 Å². The van der Waals surface area contributed by atoms with Gasteiger partial charge in [0.15, 0.2) is 0 Å². The van der Waals surface area contributed by atoms with Crippen molar-refractivity contribution < 1.29 is 14.3 Å². The summed E-state index contributed by atoms with van der Waals surface area (Å²) in [6.07, 6.45) is -0.206. The maximum absolute atomic E-state index is 12.9. The predicted molar refractivity (Wildman–Crippen MR) is 119 cm³/mol. The zero-order valence-corrected chi connectivity index (χ0v) is 19.5. The summed E-state index contributed by atoms with van der Waals surface area (Å²) in [5, 5.41) is 0. The van der Waals surface area contributed by atoms with Crippen molar-refractivity contribution in [3.63, 3.8) is 0 Å². The Kier molecular flexibility index (Phi) is 7.43. The van der Waals surface area contributed by atoms with Gasteiger partial charge in [0, 0.05) is 50.3 Å². The highest BCUT2D eigenvalue weighted by atomic mass is 16.6. The Balaban J connectivity index is 1.78. The molecule has 168 valence electrons. The number of hydrogen-bond donors (Lipinski definition) is 0. The second kappa shape index (κ2) is 9.67. The van der Waals surface area contributed by atoms with Gasteiger partial charge < -0.3 is 14.4 Å². The lowest BCUT2D eigenvalue weighted by Gasteiger charge is -2.49. The molecule has 0 aromatic heterocycles. The van der Waals surface area contributed by atoms with Crippen LogP contribution in [0.3, 0.4) is 0 Å². The third-order valence-electron chi connectivity index (χ3n) is 6.08. The number of piperazine rings is 1. The van der Waals surface area contributed by atoms with E-state index in [-0.39, 0.29) is 18.2 Å². The van der Waals surface area contributed by atoms with Gasteiger partial charge in [-0.25, -0.2) is 4.79 Å². The highest BCUT2D eigenvalue weighted by Crippen LogP contribution is 2.24. The van der Waals surface area contributed by atoms with Crippen LogP contribution < -0.4 is 0 Å². The van der Waals surface area contributed by atoms with E-state index in [4.69, 9.17) is 9.47 Å². The normalized spacial score (nSPS) is 29.1. The van der Waals surface area contributed by atoms with Crippen molar-refractivity contribution in [1.29, 1.82) is 0 Å². The van der Waals surface area contributed by atoms with E-state index in [0.29, 0.717) is 18.6 Å². The molecule has 1 aromatic carbocycles. The van der Waals surface area contributed by atoms with Gasteiger partial charge in [-0.05, 0) is 47.1 Å². The van der Waals surface area contributed by atoms with E-state index in [9.17, 15) is 4.79 Å². The average molecular weight is 418 g/mol. The number of hydrogen-bond acceptors (Lipinski definition) is 5. The smallest absolute Gasteiger partial charge is 0.410 e. The largest absolute Gasteiger partial charge is 0.444 e. The first-order valence-electron chi connectivity index (χ1n) is 11.2. The van der Waals surface area contributed by atoms with Crippen molar-refractivity contribution >= 4 is 6.09 Å². The highest BCUT2D eigenvalue weighted by Gasteiger charge is 2.38. The molecule has 0 N–H and O–H groups in total. The van der Waals surface area contributed by atoms with Crippen molar-refractivity contribution in [3.05, 3.63) is 35.9 Å². The van der Waals surface area contributed by atoms with Gasteiger partial charge >= 0.3 is 6.09 Å². The van der Waals surface area contributed by atoms with Gasteiger partial charge in [-0.1, -0.05) is 30.3 Å². The molecule has 0 radical (unpaired) electrons. The minimum atomic E-state index is -0.485. The van der Waals surface area contributed by atoms with Crippen molar-refractivity contribution in [2.45, 2.75) is 77.9 Å². The van der Waals surface area contributed by atoms with E-state index in [0.717, 1.165) is 32.8 Å². The molecule has 2 saturated heterocycles. The van der Waals surface area contributed by atoms with E-state index in [2.05, 4.69) is 60.9 Å². The monoisotopic (exact) mass is 417 g/mol. The first kappa shape index (κ1) is 23.0. The lowest BCUT2D eigenvalue weighted by atomic mass is 10.0. The molecule has 6 heteroatoms. The summed E-state index contributed by atoms with van der Waals surface area (Å²) in [5.41, 5.74) is 0.823. The average Bonchev–Trinajstić information content (AvgIpc) is 2.65. The zero-order valence-electron chi connectivity index (χ0n) is 19.5. The standard InChI is InChI=1S/C24H39N3O3/c1-18-12-25(13-21-10-8-7-9-11-21)22(14-26-19(2)16-29-17-20(26)3)15-27(18)23(28)30-24(4,5)6/h7-11,18-20,22H,12-17H2,1-6H3/t18?,19-,20?,22+/m1/s1. The molecule has 2 fully saturated rings. The minimum Gasteiger partial charge on any atom is -0.444 e. The Bertz CT molecular complexity index is 681. The Morgan fingerprint density at radius 3 is 2.27 bits per heavy atom. The summed E-state index contributed by atoms with van der Waals surface area (Å²) in [5.74, 6) is 0. The quantitative estimate of drug-likeness (QED) is 0.749. The van der Waals surface area contributed by atoms with Crippen LogP contribution in [0.5, 0.6) is 0 Å². The maximum atomic E-state index is 12.9. The highest BCUT2D eigenvalue weighted by molar-refractivity contribution is 5.68. The van der Waals surface area contributed by atoms with E-state index in [1.807, 2.05) is 25.7 Å². The molecule has 30 heavy (non-hydrogen) atoms. The molecule has 1 amide bonds. The first-order chi connectivity index (χ1) is 14.1. The Morgan fingerprint density at radius 1 is 1.03 bits per heavy atom. The van der Waals surface area contributed by atoms with Gasteiger partial charge in [0.1, 0.15) is 5.60 Å². The summed E-state index contributed by atoms with van der Waals surface area (Å²) in [6, 6.07) is 11.7. The van der Waals surface area contributed by atoms with Crippen LogP contribution in [0.2, 0.25) is 0 Å². The van der Waals surface area contributed by atoms with Crippen molar-refractivity contribution in [1.82, 2.24) is 14.7 Å². The van der Waals surface area contributed by atoms with Crippen LogP contribution in [-0.2, 0) is 16.0 Å². The van der Waals surface area contributed by atoms with Crippen molar-refractivity contribution in [2.75, 3.05) is 32.8 Å². The molecule has 0 aliphatic carbocycles. The fraction of sp³-hybridized carbons (Fsp3) is 0.708. The summed E-state index contributed by atoms with van der Waals surface area (Å²) in [6.45, 7) is 17.2. The molecular weight excluding hydrogens is 378 g/mol. The topological polar surface area (TPSA) is 45.2 Å². The van der Waals surface area contributed by atoms with Crippen LogP contribution in [0.1, 0.15) is 47.1 Å². The van der Waals surface area contributed by atoms with Crippen LogP contribution in [-0.4, -0.2) is 83.4 Å².